The second-order valence-corrected chi connectivity index (χ2v) is 3.20. The lowest BCUT2D eigenvalue weighted by Gasteiger charge is -2.05. The van der Waals surface area contributed by atoms with Crippen molar-refractivity contribution in [3.63, 3.8) is 0 Å². The molecule has 0 saturated heterocycles. The number of hydrogen-bond acceptors (Lipinski definition) is 4. The summed E-state index contributed by atoms with van der Waals surface area (Å²) in [6.45, 7) is 2.80. The summed E-state index contributed by atoms with van der Waals surface area (Å²) >= 11 is 0. The first kappa shape index (κ1) is 13.6. The second-order valence-electron chi connectivity index (χ2n) is 3.20. The summed E-state index contributed by atoms with van der Waals surface area (Å²) in [5.41, 5.74) is 0. The van der Waals surface area contributed by atoms with Gasteiger partial charge in [0.25, 0.3) is 5.91 Å². The highest BCUT2D eigenvalue weighted by atomic mass is 16.5. The van der Waals surface area contributed by atoms with Gasteiger partial charge >= 0.3 is 6.09 Å². The molecule has 0 aromatic carbocycles. The monoisotopic (exact) mass is 214 g/mol. The molecule has 2 amide bonds. The van der Waals surface area contributed by atoms with Gasteiger partial charge in [-0.3, -0.25) is 10.1 Å². The number of hydrogen-bond donors (Lipinski definition) is 1. The van der Waals surface area contributed by atoms with Gasteiger partial charge in [0.1, 0.15) is 0 Å². The minimum atomic E-state index is -0.709. The first-order valence-electron chi connectivity index (χ1n) is 4.85. The van der Waals surface area contributed by atoms with Gasteiger partial charge in [-0.25, -0.2) is 4.79 Å². The molecular weight excluding hydrogens is 196 g/mol. The van der Waals surface area contributed by atoms with Crippen molar-refractivity contribution >= 4 is 12.0 Å². The average molecular weight is 214 g/mol. The van der Waals surface area contributed by atoms with Gasteiger partial charge in [0.05, 0.1) is 6.61 Å². The number of carbonyl (C=O) groups excluding carboxylic acids is 2. The Labute approximate surface area is 90.1 Å². The molecule has 0 bridgehead atoms. The summed E-state index contributed by atoms with van der Waals surface area (Å²) < 4.78 is 4.54. The first-order valence-corrected chi connectivity index (χ1v) is 4.85. The molecule has 0 rings (SSSR count). The third-order valence-corrected chi connectivity index (χ3v) is 1.51. The number of amides is 2. The maximum atomic E-state index is 11.1. The average Bonchev–Trinajstić information content (AvgIpc) is 2.12. The van der Waals surface area contributed by atoms with E-state index in [0.29, 0.717) is 0 Å². The Hall–Kier alpha value is -1.36. The topological polar surface area (TPSA) is 58.6 Å². The summed E-state index contributed by atoms with van der Waals surface area (Å²) in [6, 6.07) is 0. The number of nitrogens with zero attached hydrogens (tertiary/aromatic N) is 1. The van der Waals surface area contributed by atoms with Crippen LogP contribution in [-0.2, 0) is 9.53 Å². The van der Waals surface area contributed by atoms with Crippen molar-refractivity contribution in [3.05, 3.63) is 12.2 Å². The third-order valence-electron chi connectivity index (χ3n) is 1.51. The van der Waals surface area contributed by atoms with Crippen LogP contribution in [0.4, 0.5) is 4.79 Å². The van der Waals surface area contributed by atoms with Gasteiger partial charge in [0.15, 0.2) is 0 Å². The highest BCUT2D eigenvalue weighted by Gasteiger charge is 2.03. The molecule has 0 aromatic rings. The van der Waals surface area contributed by atoms with Gasteiger partial charge in [0, 0.05) is 6.54 Å². The van der Waals surface area contributed by atoms with E-state index in [2.05, 4.69) is 10.1 Å². The van der Waals surface area contributed by atoms with Gasteiger partial charge < -0.3 is 9.64 Å². The van der Waals surface area contributed by atoms with Crippen LogP contribution in [0.15, 0.2) is 12.2 Å². The molecule has 0 atom stereocenters. The molecule has 0 aromatic heterocycles. The van der Waals surface area contributed by atoms with Crippen LogP contribution in [0.25, 0.3) is 0 Å². The Morgan fingerprint density at radius 3 is 2.60 bits per heavy atom. The van der Waals surface area contributed by atoms with Gasteiger partial charge in [-0.15, -0.1) is 0 Å². The highest BCUT2D eigenvalue weighted by Crippen LogP contribution is 1.86. The van der Waals surface area contributed by atoms with Crippen LogP contribution >= 0.6 is 0 Å². The van der Waals surface area contributed by atoms with Gasteiger partial charge in [-0.1, -0.05) is 6.08 Å². The van der Waals surface area contributed by atoms with Crippen LogP contribution < -0.4 is 5.32 Å². The number of ether oxygens (including phenoxy) is 1. The minimum absolute atomic E-state index is 0.253. The first-order chi connectivity index (χ1) is 7.06. The number of rotatable bonds is 5. The predicted octanol–water partition coefficient (Wildman–Crippen LogP) is 0.767. The molecule has 0 heterocycles. The largest absolute Gasteiger partial charge is 0.450 e. The van der Waals surface area contributed by atoms with Crippen molar-refractivity contribution in [1.29, 1.82) is 0 Å². The van der Waals surface area contributed by atoms with Gasteiger partial charge in [-0.05, 0) is 33.5 Å². The number of imide groups is 1. The number of carbonyl (C=O) groups is 2. The molecule has 1 N–H and O–H groups in total. The molecule has 0 aliphatic rings. The van der Waals surface area contributed by atoms with Crippen molar-refractivity contribution < 1.29 is 14.3 Å². The van der Waals surface area contributed by atoms with Crippen molar-refractivity contribution in [1.82, 2.24) is 10.2 Å². The molecule has 5 heteroatoms. The second kappa shape index (κ2) is 7.99. The standard InChI is InChI=1S/C10H18N2O3/c1-4-15-10(14)11-9(13)7-5-6-8-12(2)3/h5,7H,4,6,8H2,1-3H3,(H,11,13,14). The molecule has 0 spiro atoms. The normalized spacial score (nSPS) is 10.7. The van der Waals surface area contributed by atoms with Crippen LogP contribution in [0.1, 0.15) is 13.3 Å². The highest BCUT2D eigenvalue weighted by molar-refractivity contribution is 5.98. The molecule has 0 aliphatic carbocycles. The lowest BCUT2D eigenvalue weighted by Crippen LogP contribution is -2.29. The summed E-state index contributed by atoms with van der Waals surface area (Å²) in [4.78, 5) is 23.9. The van der Waals surface area contributed by atoms with Crippen LogP contribution in [0, 0.1) is 0 Å². The molecule has 0 unspecified atom stereocenters. The van der Waals surface area contributed by atoms with E-state index in [1.165, 1.54) is 6.08 Å². The van der Waals surface area contributed by atoms with E-state index in [9.17, 15) is 9.59 Å². The van der Waals surface area contributed by atoms with Gasteiger partial charge in [0.2, 0.25) is 0 Å². The predicted molar refractivity (Wildman–Crippen MR) is 57.5 cm³/mol. The van der Waals surface area contributed by atoms with E-state index in [0.717, 1.165) is 13.0 Å². The Balaban J connectivity index is 3.68. The number of alkyl carbamates (subject to hydrolysis) is 1. The van der Waals surface area contributed by atoms with Crippen LogP contribution in [-0.4, -0.2) is 44.1 Å². The Kier molecular flexibility index (Phi) is 7.27. The van der Waals surface area contributed by atoms with Crippen molar-refractivity contribution in [2.24, 2.45) is 0 Å². The number of nitrogens with one attached hydrogen (secondary N) is 1. The summed E-state index contributed by atoms with van der Waals surface area (Å²) in [5, 5.41) is 2.07. The zero-order chi connectivity index (χ0) is 11.7. The van der Waals surface area contributed by atoms with Crippen molar-refractivity contribution in [3.8, 4) is 0 Å². The Morgan fingerprint density at radius 1 is 1.40 bits per heavy atom. The summed E-state index contributed by atoms with van der Waals surface area (Å²) in [5.74, 6) is -0.452. The molecule has 0 radical (unpaired) electrons. The zero-order valence-electron chi connectivity index (χ0n) is 9.45. The maximum Gasteiger partial charge on any atom is 0.414 e. The van der Waals surface area contributed by atoms with Crippen molar-refractivity contribution in [2.45, 2.75) is 13.3 Å². The maximum absolute atomic E-state index is 11.1. The zero-order valence-corrected chi connectivity index (χ0v) is 9.45. The van der Waals surface area contributed by atoms with E-state index in [1.807, 2.05) is 19.0 Å². The van der Waals surface area contributed by atoms with E-state index < -0.39 is 12.0 Å². The summed E-state index contributed by atoms with van der Waals surface area (Å²) in [6.07, 6.45) is 3.11. The molecule has 5 nitrogen and oxygen atoms in total. The quantitative estimate of drug-likeness (QED) is 0.687. The fraction of sp³-hybridized carbons (Fsp3) is 0.600. The molecular formula is C10H18N2O3. The Bertz CT molecular complexity index is 237. The fourth-order valence-electron chi connectivity index (χ4n) is 0.833. The molecule has 0 fully saturated rings. The minimum Gasteiger partial charge on any atom is -0.450 e. The lowest BCUT2D eigenvalue weighted by atomic mass is 10.3. The fourth-order valence-corrected chi connectivity index (χ4v) is 0.833. The van der Waals surface area contributed by atoms with Crippen LogP contribution in [0.5, 0.6) is 0 Å². The van der Waals surface area contributed by atoms with Gasteiger partial charge in [-0.2, -0.15) is 0 Å². The SMILES string of the molecule is CCOC(=O)NC(=O)C=CCCN(C)C. The van der Waals surface area contributed by atoms with Crippen molar-refractivity contribution in [2.75, 3.05) is 27.2 Å². The molecule has 0 saturated carbocycles. The summed E-state index contributed by atoms with van der Waals surface area (Å²) in [7, 11) is 3.90. The lowest BCUT2D eigenvalue weighted by molar-refractivity contribution is -0.115. The van der Waals surface area contributed by atoms with E-state index in [1.54, 1.807) is 13.0 Å². The van der Waals surface area contributed by atoms with Crippen LogP contribution in [0.2, 0.25) is 0 Å². The molecule has 0 aliphatic heterocycles. The van der Waals surface area contributed by atoms with E-state index in [-0.39, 0.29) is 6.61 Å². The smallest absolute Gasteiger partial charge is 0.414 e. The molecule has 15 heavy (non-hydrogen) atoms. The van der Waals surface area contributed by atoms with Crippen LogP contribution in [0.3, 0.4) is 0 Å². The molecule has 86 valence electrons. The third kappa shape index (κ3) is 8.96. The van der Waals surface area contributed by atoms with E-state index in [4.69, 9.17) is 0 Å². The van der Waals surface area contributed by atoms with E-state index >= 15 is 0 Å². The Morgan fingerprint density at radius 2 is 2.07 bits per heavy atom.